The Balaban J connectivity index is 1.96. The van der Waals surface area contributed by atoms with Crippen molar-refractivity contribution in [2.45, 2.75) is 24.5 Å². The fourth-order valence-corrected chi connectivity index (χ4v) is 2.57. The number of amides is 1. The van der Waals surface area contributed by atoms with Gasteiger partial charge in [0.2, 0.25) is 11.6 Å². The predicted molar refractivity (Wildman–Crippen MR) is 90.5 cm³/mol. The summed E-state index contributed by atoms with van der Waals surface area (Å²) in [5, 5.41) is 33.2. The Labute approximate surface area is 154 Å². The first-order valence-corrected chi connectivity index (χ1v) is 7.99. The molecule has 10 nitrogen and oxygen atoms in total. The van der Waals surface area contributed by atoms with Crippen LogP contribution in [-0.2, 0) is 4.74 Å². The molecule has 0 saturated carbocycles. The first-order chi connectivity index (χ1) is 12.9. The molecular weight excluding hydrogens is 356 g/mol. The third-order valence-electron chi connectivity index (χ3n) is 4.02. The third kappa shape index (κ3) is 3.76. The number of carbonyl (C=O) groups is 1. The van der Waals surface area contributed by atoms with Crippen LogP contribution in [-0.4, -0.2) is 68.0 Å². The number of aromatic nitrogens is 3. The van der Waals surface area contributed by atoms with E-state index in [1.807, 2.05) is 0 Å². The molecule has 2 unspecified atom stereocenters. The molecule has 2 heterocycles. The molecule has 5 N–H and O–H groups in total. The maximum Gasteiger partial charge on any atom is 0.288 e. The van der Waals surface area contributed by atoms with E-state index in [9.17, 15) is 20.1 Å². The van der Waals surface area contributed by atoms with Crippen LogP contribution in [0.3, 0.4) is 0 Å². The van der Waals surface area contributed by atoms with E-state index in [0.29, 0.717) is 11.3 Å². The van der Waals surface area contributed by atoms with Crippen molar-refractivity contribution >= 4 is 5.91 Å². The summed E-state index contributed by atoms with van der Waals surface area (Å²) in [4.78, 5) is 15.4. The van der Waals surface area contributed by atoms with Gasteiger partial charge < -0.3 is 30.5 Å². The lowest BCUT2D eigenvalue weighted by Crippen LogP contribution is -2.33. The number of aliphatic hydroxyl groups excluding tert-OH is 3. The molecule has 1 aliphatic heterocycles. The number of hydrogen-bond acceptors (Lipinski definition) is 8. The summed E-state index contributed by atoms with van der Waals surface area (Å²) in [6, 6.07) is 6.92. The SMILES string of the molecule is COc1ccc(C#Cc2nc(C(N)=O)nn2C2OC(CO)[C@H](O)[C@@H]2O)cc1. The van der Waals surface area contributed by atoms with Gasteiger partial charge in [-0.15, -0.1) is 5.10 Å². The van der Waals surface area contributed by atoms with E-state index >= 15 is 0 Å². The van der Waals surface area contributed by atoms with Crippen molar-refractivity contribution < 1.29 is 29.6 Å². The molecule has 0 aliphatic carbocycles. The number of carbonyl (C=O) groups excluding carboxylic acids is 1. The molecule has 3 rings (SSSR count). The Kier molecular flexibility index (Phi) is 5.38. The molecule has 0 spiro atoms. The van der Waals surface area contributed by atoms with Gasteiger partial charge in [-0.3, -0.25) is 4.79 Å². The van der Waals surface area contributed by atoms with Gasteiger partial charge >= 0.3 is 0 Å². The van der Waals surface area contributed by atoms with E-state index in [0.717, 1.165) is 4.68 Å². The van der Waals surface area contributed by atoms with Gasteiger partial charge in [0.1, 0.15) is 24.1 Å². The number of primary amides is 1. The minimum Gasteiger partial charge on any atom is -0.497 e. The minimum absolute atomic E-state index is 0.00876. The zero-order valence-corrected chi connectivity index (χ0v) is 14.3. The molecular formula is C17H18N4O6. The average molecular weight is 374 g/mol. The lowest BCUT2D eigenvalue weighted by Gasteiger charge is -2.15. The van der Waals surface area contributed by atoms with Crippen molar-refractivity contribution in [2.24, 2.45) is 5.73 Å². The molecule has 142 valence electrons. The van der Waals surface area contributed by atoms with Crippen LogP contribution >= 0.6 is 0 Å². The van der Waals surface area contributed by atoms with Crippen molar-refractivity contribution in [3.8, 4) is 17.6 Å². The molecule has 2 aromatic rings. The highest BCUT2D eigenvalue weighted by molar-refractivity contribution is 5.88. The fraction of sp³-hybridized carbons (Fsp3) is 0.353. The molecule has 1 aliphatic rings. The van der Waals surface area contributed by atoms with Crippen LogP contribution in [0.15, 0.2) is 24.3 Å². The zero-order valence-electron chi connectivity index (χ0n) is 14.3. The van der Waals surface area contributed by atoms with Crippen LogP contribution in [0, 0.1) is 11.8 Å². The number of rotatable bonds is 4. The normalized spacial score (nSPS) is 24.3. The van der Waals surface area contributed by atoms with Gasteiger partial charge in [-0.2, -0.15) is 4.98 Å². The standard InChI is InChI=1S/C17H18N4O6/c1-26-10-5-2-9(3-6-10)4-7-12-19-16(15(18)25)20-21(12)17-14(24)13(23)11(8-22)27-17/h2-3,5-6,11,13-14,17,22-24H,8H2,1H3,(H2,18,25)/t11?,13-,14-,17?/m0/s1. The summed E-state index contributed by atoms with van der Waals surface area (Å²) < 4.78 is 11.6. The highest BCUT2D eigenvalue weighted by Gasteiger charge is 2.44. The smallest absolute Gasteiger partial charge is 0.288 e. The molecule has 0 radical (unpaired) electrons. The first-order valence-electron chi connectivity index (χ1n) is 7.99. The van der Waals surface area contributed by atoms with Gasteiger partial charge in [0, 0.05) is 5.56 Å². The number of benzene rings is 1. The summed E-state index contributed by atoms with van der Waals surface area (Å²) in [6.45, 7) is -0.501. The van der Waals surface area contributed by atoms with E-state index in [1.165, 1.54) is 0 Å². The van der Waals surface area contributed by atoms with E-state index in [2.05, 4.69) is 21.9 Å². The number of nitrogens with zero attached hydrogens (tertiary/aromatic N) is 3. The highest BCUT2D eigenvalue weighted by atomic mass is 16.6. The second kappa shape index (κ2) is 7.73. The molecule has 1 amide bonds. The molecule has 4 atom stereocenters. The first kappa shape index (κ1) is 18.8. The number of ether oxygens (including phenoxy) is 2. The Bertz CT molecular complexity index is 885. The predicted octanol–water partition coefficient (Wildman–Crippen LogP) is -1.60. The van der Waals surface area contributed by atoms with Gasteiger partial charge in [0.05, 0.1) is 13.7 Å². The maximum atomic E-state index is 11.4. The van der Waals surface area contributed by atoms with Crippen molar-refractivity contribution in [2.75, 3.05) is 13.7 Å². The summed E-state index contributed by atoms with van der Waals surface area (Å²) in [7, 11) is 1.55. The fourth-order valence-electron chi connectivity index (χ4n) is 2.57. The zero-order chi connectivity index (χ0) is 19.6. The van der Waals surface area contributed by atoms with Crippen LogP contribution in [0.1, 0.15) is 28.2 Å². The molecule has 10 heteroatoms. The van der Waals surface area contributed by atoms with Crippen molar-refractivity contribution in [3.63, 3.8) is 0 Å². The molecule has 1 saturated heterocycles. The summed E-state index contributed by atoms with van der Waals surface area (Å²) in [6.07, 6.45) is -4.92. The average Bonchev–Trinajstić information content (AvgIpc) is 3.22. The summed E-state index contributed by atoms with van der Waals surface area (Å²) in [5.74, 6) is 5.08. The highest BCUT2D eigenvalue weighted by Crippen LogP contribution is 2.29. The molecule has 1 fully saturated rings. The monoisotopic (exact) mass is 374 g/mol. The van der Waals surface area contributed by atoms with Crippen molar-refractivity contribution in [1.82, 2.24) is 14.8 Å². The van der Waals surface area contributed by atoms with Crippen LogP contribution in [0.2, 0.25) is 0 Å². The van der Waals surface area contributed by atoms with Crippen LogP contribution < -0.4 is 10.5 Å². The van der Waals surface area contributed by atoms with E-state index in [-0.39, 0.29) is 11.6 Å². The van der Waals surface area contributed by atoms with Crippen molar-refractivity contribution in [3.05, 3.63) is 41.5 Å². The molecule has 1 aromatic carbocycles. The quantitative estimate of drug-likeness (QED) is 0.467. The van der Waals surface area contributed by atoms with Gasteiger partial charge in [0.15, 0.2) is 6.23 Å². The van der Waals surface area contributed by atoms with Crippen LogP contribution in [0.5, 0.6) is 5.75 Å². The Morgan fingerprint density at radius 2 is 2.00 bits per heavy atom. The number of nitrogens with two attached hydrogens (primary N) is 1. The Morgan fingerprint density at radius 1 is 1.30 bits per heavy atom. The van der Waals surface area contributed by atoms with E-state index in [1.54, 1.807) is 31.4 Å². The van der Waals surface area contributed by atoms with Gasteiger partial charge in [0.25, 0.3) is 5.91 Å². The van der Waals surface area contributed by atoms with Gasteiger partial charge in [-0.05, 0) is 30.2 Å². The van der Waals surface area contributed by atoms with Crippen molar-refractivity contribution in [1.29, 1.82) is 0 Å². The van der Waals surface area contributed by atoms with Gasteiger partial charge in [-0.25, -0.2) is 4.68 Å². The lowest BCUT2D eigenvalue weighted by atomic mass is 10.1. The van der Waals surface area contributed by atoms with Crippen LogP contribution in [0.4, 0.5) is 0 Å². The summed E-state index contributed by atoms with van der Waals surface area (Å²) >= 11 is 0. The topological polar surface area (TPSA) is 153 Å². The summed E-state index contributed by atoms with van der Waals surface area (Å²) in [5.41, 5.74) is 5.86. The second-order valence-corrected chi connectivity index (χ2v) is 5.78. The molecule has 0 bridgehead atoms. The molecule has 1 aromatic heterocycles. The van der Waals surface area contributed by atoms with Crippen LogP contribution in [0.25, 0.3) is 0 Å². The lowest BCUT2D eigenvalue weighted by molar-refractivity contribution is -0.0592. The number of hydrogen-bond donors (Lipinski definition) is 4. The third-order valence-corrected chi connectivity index (χ3v) is 4.02. The maximum absolute atomic E-state index is 11.4. The Morgan fingerprint density at radius 3 is 2.56 bits per heavy atom. The number of aliphatic hydroxyl groups is 3. The Hall–Kier alpha value is -2.97. The van der Waals surface area contributed by atoms with E-state index < -0.39 is 37.1 Å². The van der Waals surface area contributed by atoms with E-state index in [4.69, 9.17) is 15.2 Å². The largest absolute Gasteiger partial charge is 0.497 e. The minimum atomic E-state index is -1.40. The number of methoxy groups -OCH3 is 1. The second-order valence-electron chi connectivity index (χ2n) is 5.78. The van der Waals surface area contributed by atoms with Gasteiger partial charge in [-0.1, -0.05) is 5.92 Å². The molecule has 27 heavy (non-hydrogen) atoms.